The van der Waals surface area contributed by atoms with E-state index in [1.165, 1.54) is 0 Å². The molecule has 0 radical (unpaired) electrons. The second-order valence-corrected chi connectivity index (χ2v) is 4.58. The van der Waals surface area contributed by atoms with Crippen molar-refractivity contribution in [3.8, 4) is 6.07 Å². The number of nitrogens with one attached hydrogen (secondary N) is 1. The van der Waals surface area contributed by atoms with Crippen LogP contribution in [0.2, 0.25) is 10.0 Å². The van der Waals surface area contributed by atoms with E-state index < -0.39 is 0 Å². The second kappa shape index (κ2) is 5.77. The minimum atomic E-state index is 0.568. The van der Waals surface area contributed by atoms with Gasteiger partial charge in [-0.15, -0.1) is 0 Å². The predicted molar refractivity (Wildman–Crippen MR) is 74.9 cm³/mol. The Bertz CT molecular complexity index is 583. The smallest absolute Gasteiger partial charge is 0.0991 e. The number of halogens is 2. The van der Waals surface area contributed by atoms with Crippen molar-refractivity contribution in [2.45, 2.75) is 6.54 Å². The summed E-state index contributed by atoms with van der Waals surface area (Å²) in [6.07, 6.45) is 0. The summed E-state index contributed by atoms with van der Waals surface area (Å²) in [7, 11) is 0. The molecule has 0 saturated carbocycles. The highest BCUT2D eigenvalue weighted by Crippen LogP contribution is 2.30. The van der Waals surface area contributed by atoms with Crippen LogP contribution in [0.25, 0.3) is 0 Å². The molecule has 0 atom stereocenters. The van der Waals surface area contributed by atoms with Crippen LogP contribution in [-0.2, 0) is 6.54 Å². The van der Waals surface area contributed by atoms with Gasteiger partial charge in [-0.05, 0) is 29.8 Å². The third kappa shape index (κ3) is 2.95. The van der Waals surface area contributed by atoms with Crippen LogP contribution in [-0.4, -0.2) is 0 Å². The molecule has 2 nitrogen and oxygen atoms in total. The first-order valence-corrected chi connectivity index (χ1v) is 6.13. The lowest BCUT2D eigenvalue weighted by Crippen LogP contribution is -2.00. The standard InChI is InChI=1S/C14H10Cl2N2/c15-12-5-2-6-13(16)14(12)18-9-11-4-1-3-10(7-11)8-17/h1-7,18H,9H2. The summed E-state index contributed by atoms with van der Waals surface area (Å²) in [5.41, 5.74) is 2.35. The van der Waals surface area contributed by atoms with Crippen molar-refractivity contribution in [3.63, 3.8) is 0 Å². The first kappa shape index (κ1) is 12.8. The molecule has 0 amide bonds. The van der Waals surface area contributed by atoms with E-state index in [2.05, 4.69) is 11.4 Å². The minimum Gasteiger partial charge on any atom is -0.379 e. The molecule has 1 N–H and O–H groups in total. The van der Waals surface area contributed by atoms with E-state index >= 15 is 0 Å². The van der Waals surface area contributed by atoms with Crippen LogP contribution in [0.1, 0.15) is 11.1 Å². The van der Waals surface area contributed by atoms with Gasteiger partial charge in [0, 0.05) is 6.54 Å². The number of para-hydroxylation sites is 1. The summed E-state index contributed by atoms with van der Waals surface area (Å²) in [5.74, 6) is 0. The molecule has 0 fully saturated rings. The molecule has 0 aromatic heterocycles. The first-order chi connectivity index (χ1) is 8.70. The van der Waals surface area contributed by atoms with Crippen LogP contribution in [0.3, 0.4) is 0 Å². The molecule has 4 heteroatoms. The summed E-state index contributed by atoms with van der Waals surface area (Å²) in [6.45, 7) is 0.568. The highest BCUT2D eigenvalue weighted by Gasteiger charge is 2.04. The molecule has 0 saturated heterocycles. The van der Waals surface area contributed by atoms with E-state index in [1.54, 1.807) is 24.3 Å². The quantitative estimate of drug-likeness (QED) is 0.898. The third-order valence-electron chi connectivity index (χ3n) is 2.49. The van der Waals surface area contributed by atoms with Gasteiger partial charge in [-0.3, -0.25) is 0 Å². The van der Waals surface area contributed by atoms with Crippen molar-refractivity contribution in [3.05, 3.63) is 63.6 Å². The summed E-state index contributed by atoms with van der Waals surface area (Å²) in [5, 5.41) is 13.2. The number of hydrogen-bond donors (Lipinski definition) is 1. The van der Waals surface area contributed by atoms with Crippen molar-refractivity contribution >= 4 is 28.9 Å². The zero-order chi connectivity index (χ0) is 13.0. The fraction of sp³-hybridized carbons (Fsp3) is 0.0714. The lowest BCUT2D eigenvalue weighted by atomic mass is 10.1. The molecule has 18 heavy (non-hydrogen) atoms. The van der Waals surface area contributed by atoms with Crippen molar-refractivity contribution in [2.75, 3.05) is 5.32 Å². The van der Waals surface area contributed by atoms with E-state index in [-0.39, 0.29) is 0 Å². The first-order valence-electron chi connectivity index (χ1n) is 5.37. The highest BCUT2D eigenvalue weighted by molar-refractivity contribution is 6.39. The van der Waals surface area contributed by atoms with Gasteiger partial charge in [0.15, 0.2) is 0 Å². The Morgan fingerprint density at radius 3 is 2.39 bits per heavy atom. The Labute approximate surface area is 116 Å². The molecule has 0 aliphatic carbocycles. The maximum Gasteiger partial charge on any atom is 0.0991 e. The summed E-state index contributed by atoms with van der Waals surface area (Å²) in [6, 6.07) is 14.9. The average molecular weight is 277 g/mol. The van der Waals surface area contributed by atoms with Crippen LogP contribution >= 0.6 is 23.2 Å². The molecule has 0 aliphatic rings. The molecule has 0 unspecified atom stereocenters. The van der Waals surface area contributed by atoms with Gasteiger partial charge >= 0.3 is 0 Å². The molecule has 0 heterocycles. The third-order valence-corrected chi connectivity index (χ3v) is 3.12. The minimum absolute atomic E-state index is 0.568. The van der Waals surface area contributed by atoms with Gasteiger partial charge in [-0.2, -0.15) is 5.26 Å². The average Bonchev–Trinajstić information content (AvgIpc) is 2.38. The molecule has 90 valence electrons. The summed E-state index contributed by atoms with van der Waals surface area (Å²) >= 11 is 12.1. The fourth-order valence-electron chi connectivity index (χ4n) is 1.61. The van der Waals surface area contributed by atoms with Crippen LogP contribution in [0.15, 0.2) is 42.5 Å². The van der Waals surface area contributed by atoms with E-state index in [9.17, 15) is 0 Å². The van der Waals surface area contributed by atoms with Gasteiger partial charge in [-0.25, -0.2) is 0 Å². The Hall–Kier alpha value is -1.69. The lowest BCUT2D eigenvalue weighted by Gasteiger charge is -2.10. The predicted octanol–water partition coefficient (Wildman–Crippen LogP) is 4.48. The molecule has 2 aromatic rings. The Balaban J connectivity index is 2.14. The maximum atomic E-state index is 8.82. The zero-order valence-electron chi connectivity index (χ0n) is 9.45. The van der Waals surface area contributed by atoms with Gasteiger partial charge < -0.3 is 5.32 Å². The van der Waals surface area contributed by atoms with Gasteiger partial charge in [0.25, 0.3) is 0 Å². The summed E-state index contributed by atoms with van der Waals surface area (Å²) in [4.78, 5) is 0. The number of hydrogen-bond acceptors (Lipinski definition) is 2. The van der Waals surface area contributed by atoms with Crippen LogP contribution in [0.5, 0.6) is 0 Å². The zero-order valence-corrected chi connectivity index (χ0v) is 11.0. The largest absolute Gasteiger partial charge is 0.379 e. The molecule has 2 aromatic carbocycles. The van der Waals surface area contributed by atoms with Crippen molar-refractivity contribution in [2.24, 2.45) is 0 Å². The molecule has 0 spiro atoms. The van der Waals surface area contributed by atoms with E-state index in [0.717, 1.165) is 5.56 Å². The van der Waals surface area contributed by atoms with Gasteiger partial charge in [0.1, 0.15) is 0 Å². The SMILES string of the molecule is N#Cc1cccc(CNc2c(Cl)cccc2Cl)c1. The maximum absolute atomic E-state index is 8.82. The molecule has 0 bridgehead atoms. The summed E-state index contributed by atoms with van der Waals surface area (Å²) < 4.78 is 0. The molecular formula is C14H10Cl2N2. The van der Waals surface area contributed by atoms with Crippen LogP contribution in [0, 0.1) is 11.3 Å². The van der Waals surface area contributed by atoms with Crippen molar-refractivity contribution in [1.29, 1.82) is 5.26 Å². The van der Waals surface area contributed by atoms with Gasteiger partial charge in [0.05, 0.1) is 27.4 Å². The number of nitrogens with zero attached hydrogens (tertiary/aromatic N) is 1. The molecule has 2 rings (SSSR count). The van der Waals surface area contributed by atoms with Crippen LogP contribution in [0.4, 0.5) is 5.69 Å². The number of anilines is 1. The highest BCUT2D eigenvalue weighted by atomic mass is 35.5. The number of nitriles is 1. The van der Waals surface area contributed by atoms with E-state index in [0.29, 0.717) is 27.8 Å². The van der Waals surface area contributed by atoms with Crippen LogP contribution < -0.4 is 5.32 Å². The molecule has 0 aliphatic heterocycles. The normalized spacial score (nSPS) is 9.83. The lowest BCUT2D eigenvalue weighted by molar-refractivity contribution is 1.15. The Morgan fingerprint density at radius 2 is 1.72 bits per heavy atom. The second-order valence-electron chi connectivity index (χ2n) is 3.76. The van der Waals surface area contributed by atoms with E-state index in [4.69, 9.17) is 28.5 Å². The fourth-order valence-corrected chi connectivity index (χ4v) is 2.14. The van der Waals surface area contributed by atoms with E-state index in [1.807, 2.05) is 18.2 Å². The Morgan fingerprint density at radius 1 is 1.06 bits per heavy atom. The van der Waals surface area contributed by atoms with Crippen molar-refractivity contribution < 1.29 is 0 Å². The number of rotatable bonds is 3. The monoisotopic (exact) mass is 276 g/mol. The van der Waals surface area contributed by atoms with Crippen molar-refractivity contribution in [1.82, 2.24) is 0 Å². The topological polar surface area (TPSA) is 35.8 Å². The Kier molecular flexibility index (Phi) is 4.09. The molecular weight excluding hydrogens is 267 g/mol. The van der Waals surface area contributed by atoms with Gasteiger partial charge in [-0.1, -0.05) is 41.4 Å². The number of benzene rings is 2. The van der Waals surface area contributed by atoms with Gasteiger partial charge in [0.2, 0.25) is 0 Å².